The van der Waals surface area contributed by atoms with Gasteiger partial charge in [-0.05, 0) is 20.8 Å². The number of hydrogen-bond donors (Lipinski definition) is 0. The lowest BCUT2D eigenvalue weighted by molar-refractivity contribution is -0.147. The van der Waals surface area contributed by atoms with Crippen LogP contribution >= 0.6 is 0 Å². The molecule has 26 heavy (non-hydrogen) atoms. The van der Waals surface area contributed by atoms with Gasteiger partial charge in [0.1, 0.15) is 25.9 Å². The number of esters is 3. The molecular weight excluding hydrogens is 340 g/mol. The van der Waals surface area contributed by atoms with Crippen molar-refractivity contribution in [1.82, 2.24) is 0 Å². The normalized spacial score (nSPS) is 13.4. The summed E-state index contributed by atoms with van der Waals surface area (Å²) in [6.07, 6.45) is 0.142. The number of rotatable bonds is 8. The van der Waals surface area contributed by atoms with Crippen LogP contribution in [0.3, 0.4) is 0 Å². The minimum absolute atomic E-state index is 0.0325. The highest BCUT2D eigenvalue weighted by atomic mass is 16.6. The van der Waals surface area contributed by atoms with Crippen molar-refractivity contribution in [2.24, 2.45) is 0 Å². The lowest BCUT2D eigenvalue weighted by Crippen LogP contribution is -2.14. The van der Waals surface area contributed by atoms with E-state index in [0.29, 0.717) is 29.9 Å². The van der Waals surface area contributed by atoms with E-state index in [-0.39, 0.29) is 25.3 Å². The monoisotopic (exact) mass is 368 g/mol. The van der Waals surface area contributed by atoms with Gasteiger partial charge in [0.15, 0.2) is 0 Å². The SMILES string of the molecule is C=C.C=C(C)C(=O)OCC1CO1.C=C(C)C(=O)OCCOC(=O)C(=C)C. The molecule has 1 aliphatic heterocycles. The maximum atomic E-state index is 10.8. The molecule has 146 valence electrons. The van der Waals surface area contributed by atoms with Crippen LogP contribution in [-0.4, -0.2) is 50.4 Å². The first-order valence-electron chi connectivity index (χ1n) is 7.74. The summed E-state index contributed by atoms with van der Waals surface area (Å²) in [5.41, 5.74) is 1.06. The van der Waals surface area contributed by atoms with Gasteiger partial charge in [-0.2, -0.15) is 0 Å². The quantitative estimate of drug-likeness (QED) is 0.162. The summed E-state index contributed by atoms with van der Waals surface area (Å²) in [6, 6.07) is 0. The Morgan fingerprint density at radius 1 is 0.808 bits per heavy atom. The predicted octanol–water partition coefficient (Wildman–Crippen LogP) is 2.53. The predicted molar refractivity (Wildman–Crippen MR) is 98.3 cm³/mol. The molecule has 1 heterocycles. The summed E-state index contributed by atoms with van der Waals surface area (Å²) in [4.78, 5) is 32.4. The molecule has 0 N–H and O–H groups in total. The second-order valence-electron chi connectivity index (χ2n) is 5.17. The van der Waals surface area contributed by atoms with E-state index in [1.807, 2.05) is 0 Å². The second kappa shape index (κ2) is 14.7. The van der Waals surface area contributed by atoms with Crippen LogP contribution in [0.5, 0.6) is 0 Å². The minimum atomic E-state index is -0.489. The molecule has 0 aromatic carbocycles. The lowest BCUT2D eigenvalue weighted by atomic mass is 10.4. The van der Waals surface area contributed by atoms with E-state index in [2.05, 4.69) is 42.4 Å². The van der Waals surface area contributed by atoms with Crippen molar-refractivity contribution in [1.29, 1.82) is 0 Å². The molecule has 0 saturated carbocycles. The Bertz CT molecular complexity index is 502. The zero-order valence-electron chi connectivity index (χ0n) is 15.8. The highest BCUT2D eigenvalue weighted by Crippen LogP contribution is 2.09. The molecule has 1 fully saturated rings. The molecule has 0 spiro atoms. The first-order valence-corrected chi connectivity index (χ1v) is 7.74. The van der Waals surface area contributed by atoms with Crippen LogP contribution in [0.1, 0.15) is 20.8 Å². The second-order valence-corrected chi connectivity index (χ2v) is 5.17. The van der Waals surface area contributed by atoms with Crippen LogP contribution in [0.2, 0.25) is 0 Å². The Labute approximate surface area is 154 Å². The average Bonchev–Trinajstić information content (AvgIpc) is 3.42. The van der Waals surface area contributed by atoms with Gasteiger partial charge in [-0.1, -0.05) is 19.7 Å². The molecule has 1 atom stereocenters. The molecule has 0 aromatic heterocycles. The van der Waals surface area contributed by atoms with Crippen molar-refractivity contribution in [2.75, 3.05) is 26.4 Å². The highest BCUT2D eigenvalue weighted by Gasteiger charge is 2.24. The fourth-order valence-electron chi connectivity index (χ4n) is 0.971. The van der Waals surface area contributed by atoms with E-state index in [0.717, 1.165) is 0 Å². The van der Waals surface area contributed by atoms with Crippen molar-refractivity contribution >= 4 is 17.9 Å². The fraction of sp³-hybridized carbons (Fsp3) is 0.421. The Kier molecular flexibility index (Phi) is 14.4. The van der Waals surface area contributed by atoms with Gasteiger partial charge in [-0.15, -0.1) is 13.2 Å². The summed E-state index contributed by atoms with van der Waals surface area (Å²) in [6.45, 7) is 22.1. The average molecular weight is 368 g/mol. The summed E-state index contributed by atoms with van der Waals surface area (Å²) in [5.74, 6) is -1.32. The third-order valence-electron chi connectivity index (χ3n) is 2.40. The molecule has 1 aliphatic rings. The standard InChI is InChI=1S/C10H14O4.C7H10O3.C2H4/c1-7(2)9(11)13-5-6-14-10(12)8(3)4;1-5(2)7(8)10-4-6-3-9-6;1-2/h1,3,5-6H2,2,4H3;6H,1,3-4H2,2H3;1-2H2. The smallest absolute Gasteiger partial charge is 0.333 e. The first kappa shape index (κ1) is 25.6. The van der Waals surface area contributed by atoms with Gasteiger partial charge in [-0.3, -0.25) is 0 Å². The third kappa shape index (κ3) is 14.9. The van der Waals surface area contributed by atoms with E-state index in [1.165, 1.54) is 0 Å². The molecule has 0 radical (unpaired) electrons. The number of hydrogen-bond acceptors (Lipinski definition) is 7. The largest absolute Gasteiger partial charge is 0.459 e. The van der Waals surface area contributed by atoms with E-state index < -0.39 is 11.9 Å². The van der Waals surface area contributed by atoms with Gasteiger partial charge >= 0.3 is 17.9 Å². The molecule has 1 rings (SSSR count). The molecule has 1 saturated heterocycles. The number of ether oxygens (including phenoxy) is 4. The summed E-state index contributed by atoms with van der Waals surface area (Å²) < 4.78 is 19.0. The maximum absolute atomic E-state index is 10.8. The number of epoxide rings is 1. The Hall–Kier alpha value is -2.67. The third-order valence-corrected chi connectivity index (χ3v) is 2.40. The maximum Gasteiger partial charge on any atom is 0.333 e. The van der Waals surface area contributed by atoms with Gasteiger partial charge in [0.05, 0.1) is 6.61 Å². The zero-order valence-corrected chi connectivity index (χ0v) is 15.8. The molecule has 1 unspecified atom stereocenters. The van der Waals surface area contributed by atoms with E-state index >= 15 is 0 Å². The number of carbonyl (C=O) groups excluding carboxylic acids is 3. The van der Waals surface area contributed by atoms with Crippen LogP contribution in [0, 0.1) is 0 Å². The molecule has 0 bridgehead atoms. The Balaban J connectivity index is 0. The summed E-state index contributed by atoms with van der Waals surface area (Å²) >= 11 is 0. The lowest BCUT2D eigenvalue weighted by Gasteiger charge is -2.05. The molecule has 7 nitrogen and oxygen atoms in total. The van der Waals surface area contributed by atoms with Crippen molar-refractivity contribution in [3.8, 4) is 0 Å². The summed E-state index contributed by atoms with van der Waals surface area (Å²) in [7, 11) is 0. The van der Waals surface area contributed by atoms with E-state index in [4.69, 9.17) is 9.47 Å². The van der Waals surface area contributed by atoms with Crippen LogP contribution in [0.25, 0.3) is 0 Å². The van der Waals surface area contributed by atoms with Gasteiger partial charge in [0.2, 0.25) is 0 Å². The zero-order chi connectivity index (χ0) is 20.7. The Morgan fingerprint density at radius 3 is 1.38 bits per heavy atom. The van der Waals surface area contributed by atoms with E-state index in [9.17, 15) is 14.4 Å². The van der Waals surface area contributed by atoms with Gasteiger partial charge in [-0.25, -0.2) is 14.4 Å². The van der Waals surface area contributed by atoms with Crippen molar-refractivity contribution in [2.45, 2.75) is 26.9 Å². The van der Waals surface area contributed by atoms with Crippen molar-refractivity contribution in [3.05, 3.63) is 49.6 Å². The van der Waals surface area contributed by atoms with Crippen molar-refractivity contribution < 1.29 is 33.3 Å². The fourth-order valence-corrected chi connectivity index (χ4v) is 0.971. The van der Waals surface area contributed by atoms with E-state index in [1.54, 1.807) is 20.8 Å². The molecule has 0 aromatic rings. The van der Waals surface area contributed by atoms with Crippen LogP contribution in [-0.2, 0) is 33.3 Å². The highest BCUT2D eigenvalue weighted by molar-refractivity contribution is 5.87. The first-order chi connectivity index (χ1) is 12.1. The van der Waals surface area contributed by atoms with Gasteiger partial charge in [0, 0.05) is 16.7 Å². The topological polar surface area (TPSA) is 91.4 Å². The van der Waals surface area contributed by atoms with Crippen molar-refractivity contribution in [3.63, 3.8) is 0 Å². The molecular formula is C19H28O7. The molecule has 7 heteroatoms. The van der Waals surface area contributed by atoms with Crippen LogP contribution in [0.4, 0.5) is 0 Å². The Morgan fingerprint density at radius 2 is 1.12 bits per heavy atom. The van der Waals surface area contributed by atoms with Gasteiger partial charge < -0.3 is 18.9 Å². The van der Waals surface area contributed by atoms with Crippen LogP contribution < -0.4 is 0 Å². The van der Waals surface area contributed by atoms with Gasteiger partial charge in [0.25, 0.3) is 0 Å². The molecule has 0 amide bonds. The molecule has 0 aliphatic carbocycles. The number of carbonyl (C=O) groups is 3. The minimum Gasteiger partial charge on any atom is -0.459 e. The summed E-state index contributed by atoms with van der Waals surface area (Å²) in [5, 5.41) is 0. The van der Waals surface area contributed by atoms with Crippen LogP contribution in [0.15, 0.2) is 49.6 Å².